The maximum Gasteiger partial charge on any atom is 0.123 e. The third kappa shape index (κ3) is 2.23. The van der Waals surface area contributed by atoms with Gasteiger partial charge in [-0.25, -0.2) is 4.98 Å². The fourth-order valence-electron chi connectivity index (χ4n) is 2.10. The van der Waals surface area contributed by atoms with Crippen molar-refractivity contribution in [3.63, 3.8) is 0 Å². The number of halogens is 1. The van der Waals surface area contributed by atoms with E-state index in [2.05, 4.69) is 10.4 Å². The Morgan fingerprint density at radius 3 is 2.59 bits per heavy atom. The van der Waals surface area contributed by atoms with Gasteiger partial charge in [-0.2, -0.15) is 0 Å². The van der Waals surface area contributed by atoms with Crippen LogP contribution in [-0.4, -0.2) is 11.0 Å². The van der Waals surface area contributed by atoms with Crippen LogP contribution >= 0.6 is 22.9 Å². The largest absolute Gasteiger partial charge is 0.328 e. The van der Waals surface area contributed by atoms with E-state index < -0.39 is 0 Å². The fraction of sp³-hybridized carbons (Fsp3) is 0.308. The van der Waals surface area contributed by atoms with E-state index in [1.54, 1.807) is 11.3 Å². The standard InChI is InChI=1S/C13H13ClN2S/c14-10-3-1-8(2-4-10)13-16-12(7-17-13)9-5-11(15)6-9/h1-4,7,9,11H,5-6,15H2. The second-order valence-corrected chi connectivity index (χ2v) is 5.81. The van der Waals surface area contributed by atoms with Gasteiger partial charge in [-0.05, 0) is 25.0 Å². The molecule has 1 fully saturated rings. The lowest BCUT2D eigenvalue weighted by atomic mass is 9.79. The highest BCUT2D eigenvalue weighted by Crippen LogP contribution is 2.37. The smallest absolute Gasteiger partial charge is 0.123 e. The van der Waals surface area contributed by atoms with Crippen LogP contribution in [-0.2, 0) is 0 Å². The van der Waals surface area contributed by atoms with Crippen molar-refractivity contribution >= 4 is 22.9 Å². The Kier molecular flexibility index (Phi) is 2.90. The molecular weight excluding hydrogens is 252 g/mol. The number of hydrogen-bond donors (Lipinski definition) is 1. The van der Waals surface area contributed by atoms with Crippen molar-refractivity contribution in [2.75, 3.05) is 0 Å². The van der Waals surface area contributed by atoms with Gasteiger partial charge in [0.25, 0.3) is 0 Å². The first-order chi connectivity index (χ1) is 8.22. The molecule has 1 heterocycles. The van der Waals surface area contributed by atoms with Gasteiger partial charge in [-0.1, -0.05) is 23.7 Å². The molecule has 1 aromatic heterocycles. The minimum absolute atomic E-state index is 0.376. The van der Waals surface area contributed by atoms with E-state index in [9.17, 15) is 0 Å². The Balaban J connectivity index is 1.82. The molecule has 3 rings (SSSR count). The molecule has 17 heavy (non-hydrogen) atoms. The zero-order valence-electron chi connectivity index (χ0n) is 9.27. The van der Waals surface area contributed by atoms with Crippen molar-refractivity contribution < 1.29 is 0 Å². The van der Waals surface area contributed by atoms with Crippen molar-refractivity contribution in [3.05, 3.63) is 40.4 Å². The number of aromatic nitrogens is 1. The summed E-state index contributed by atoms with van der Waals surface area (Å²) >= 11 is 7.56. The van der Waals surface area contributed by atoms with E-state index in [1.165, 1.54) is 5.69 Å². The summed E-state index contributed by atoms with van der Waals surface area (Å²) in [5.74, 6) is 0.572. The zero-order chi connectivity index (χ0) is 11.8. The van der Waals surface area contributed by atoms with Gasteiger partial charge >= 0.3 is 0 Å². The number of thiazole rings is 1. The van der Waals surface area contributed by atoms with Crippen LogP contribution in [0.3, 0.4) is 0 Å². The Bertz CT molecular complexity index is 514. The van der Waals surface area contributed by atoms with Crippen LogP contribution in [0, 0.1) is 0 Å². The van der Waals surface area contributed by atoms with Crippen molar-refractivity contribution in [3.8, 4) is 10.6 Å². The number of rotatable bonds is 2. The minimum Gasteiger partial charge on any atom is -0.328 e. The average molecular weight is 265 g/mol. The molecular formula is C13H13ClN2S. The lowest BCUT2D eigenvalue weighted by Gasteiger charge is -2.30. The molecule has 0 radical (unpaired) electrons. The number of nitrogens with two attached hydrogens (primary N) is 1. The van der Waals surface area contributed by atoms with E-state index in [1.807, 2.05) is 24.3 Å². The molecule has 0 unspecified atom stereocenters. The molecule has 0 aliphatic heterocycles. The molecule has 0 atom stereocenters. The van der Waals surface area contributed by atoms with E-state index in [-0.39, 0.29) is 0 Å². The molecule has 0 bridgehead atoms. The van der Waals surface area contributed by atoms with Crippen LogP contribution in [0.2, 0.25) is 5.02 Å². The summed E-state index contributed by atoms with van der Waals surface area (Å²) in [5.41, 5.74) is 8.13. The molecule has 1 aliphatic carbocycles. The average Bonchev–Trinajstić information content (AvgIpc) is 2.75. The Hall–Kier alpha value is -0.900. The number of hydrogen-bond acceptors (Lipinski definition) is 3. The Labute approximate surface area is 109 Å². The molecule has 1 aliphatic rings. The highest BCUT2D eigenvalue weighted by atomic mass is 35.5. The summed E-state index contributed by atoms with van der Waals surface area (Å²) in [7, 11) is 0. The van der Waals surface area contributed by atoms with Crippen LogP contribution < -0.4 is 5.73 Å². The summed E-state index contributed by atoms with van der Waals surface area (Å²) in [4.78, 5) is 4.69. The van der Waals surface area contributed by atoms with Crippen LogP contribution in [0.5, 0.6) is 0 Å². The second-order valence-electron chi connectivity index (χ2n) is 4.51. The molecule has 0 saturated heterocycles. The van der Waals surface area contributed by atoms with E-state index in [4.69, 9.17) is 17.3 Å². The maximum atomic E-state index is 5.87. The third-order valence-electron chi connectivity index (χ3n) is 3.21. The molecule has 2 aromatic rings. The number of nitrogens with zero attached hydrogens (tertiary/aromatic N) is 1. The predicted octanol–water partition coefficient (Wildman–Crippen LogP) is 3.67. The van der Waals surface area contributed by atoms with Gasteiger partial charge < -0.3 is 5.73 Å². The molecule has 2 nitrogen and oxygen atoms in total. The highest BCUT2D eigenvalue weighted by molar-refractivity contribution is 7.13. The Morgan fingerprint density at radius 1 is 1.24 bits per heavy atom. The van der Waals surface area contributed by atoms with Crippen LogP contribution in [0.1, 0.15) is 24.5 Å². The first-order valence-corrected chi connectivity index (χ1v) is 6.95. The second kappa shape index (κ2) is 4.41. The molecule has 4 heteroatoms. The summed E-state index contributed by atoms with van der Waals surface area (Å²) in [6, 6.07) is 8.20. The van der Waals surface area contributed by atoms with Gasteiger partial charge in [-0.3, -0.25) is 0 Å². The van der Waals surface area contributed by atoms with Gasteiger partial charge in [0.05, 0.1) is 5.69 Å². The van der Waals surface area contributed by atoms with Gasteiger partial charge in [0, 0.05) is 27.9 Å². The highest BCUT2D eigenvalue weighted by Gasteiger charge is 2.29. The van der Waals surface area contributed by atoms with Crippen molar-refractivity contribution in [1.29, 1.82) is 0 Å². The molecule has 0 spiro atoms. The maximum absolute atomic E-state index is 5.87. The van der Waals surface area contributed by atoms with Crippen molar-refractivity contribution in [2.24, 2.45) is 5.73 Å². The van der Waals surface area contributed by atoms with Crippen molar-refractivity contribution in [2.45, 2.75) is 24.8 Å². The fourth-order valence-corrected chi connectivity index (χ4v) is 3.14. The monoisotopic (exact) mass is 264 g/mol. The molecule has 0 amide bonds. The lowest BCUT2D eigenvalue weighted by Crippen LogP contribution is -2.34. The third-order valence-corrected chi connectivity index (χ3v) is 4.37. The van der Waals surface area contributed by atoms with Gasteiger partial charge in [0.2, 0.25) is 0 Å². The van der Waals surface area contributed by atoms with Crippen molar-refractivity contribution in [1.82, 2.24) is 4.98 Å². The van der Waals surface area contributed by atoms with Gasteiger partial charge in [-0.15, -0.1) is 11.3 Å². The number of benzene rings is 1. The SMILES string of the molecule is NC1CC(c2csc(-c3ccc(Cl)cc3)n2)C1. The molecule has 1 saturated carbocycles. The molecule has 1 aromatic carbocycles. The summed E-state index contributed by atoms with van der Waals surface area (Å²) < 4.78 is 0. The first kappa shape index (κ1) is 11.2. The summed E-state index contributed by atoms with van der Waals surface area (Å²) in [6.45, 7) is 0. The molecule has 2 N–H and O–H groups in total. The van der Waals surface area contributed by atoms with Crippen LogP contribution in [0.25, 0.3) is 10.6 Å². The topological polar surface area (TPSA) is 38.9 Å². The quantitative estimate of drug-likeness (QED) is 0.899. The Morgan fingerprint density at radius 2 is 1.94 bits per heavy atom. The van der Waals surface area contributed by atoms with E-state index >= 15 is 0 Å². The lowest BCUT2D eigenvalue weighted by molar-refractivity contribution is 0.346. The minimum atomic E-state index is 0.376. The first-order valence-electron chi connectivity index (χ1n) is 5.69. The normalized spacial score (nSPS) is 23.4. The van der Waals surface area contributed by atoms with Crippen LogP contribution in [0.4, 0.5) is 0 Å². The molecule has 88 valence electrons. The summed E-state index contributed by atoms with van der Waals surface area (Å²) in [6.07, 6.45) is 2.15. The van der Waals surface area contributed by atoms with Gasteiger partial charge in [0.15, 0.2) is 0 Å². The van der Waals surface area contributed by atoms with E-state index in [0.29, 0.717) is 12.0 Å². The summed E-state index contributed by atoms with van der Waals surface area (Å²) in [5, 5.41) is 3.98. The van der Waals surface area contributed by atoms with Crippen LogP contribution in [0.15, 0.2) is 29.6 Å². The van der Waals surface area contributed by atoms with Gasteiger partial charge in [0.1, 0.15) is 5.01 Å². The predicted molar refractivity (Wildman–Crippen MR) is 72.5 cm³/mol. The van der Waals surface area contributed by atoms with E-state index in [0.717, 1.165) is 28.4 Å². The zero-order valence-corrected chi connectivity index (χ0v) is 10.8.